The number of pyridine rings is 1. The molecule has 1 aliphatic rings. The standard InChI is InChI=1S/C14H14N4O/c1-8-5-4-6-16-11(8)12-17-13(19-18-12)10-9(7-15)14(10,2)3/h4-6,9-10H,1-3H3. The largest absolute Gasteiger partial charge is 0.339 e. The molecule has 2 heterocycles. The number of nitriles is 1. The van der Waals surface area contributed by atoms with Crippen LogP contribution in [-0.2, 0) is 0 Å². The van der Waals surface area contributed by atoms with E-state index in [9.17, 15) is 0 Å². The summed E-state index contributed by atoms with van der Waals surface area (Å²) in [6.07, 6.45) is 1.71. The number of hydrogen-bond donors (Lipinski definition) is 0. The first-order valence-corrected chi connectivity index (χ1v) is 6.21. The summed E-state index contributed by atoms with van der Waals surface area (Å²) in [5.41, 5.74) is 1.64. The molecule has 19 heavy (non-hydrogen) atoms. The molecule has 2 unspecified atom stereocenters. The first-order valence-electron chi connectivity index (χ1n) is 6.21. The van der Waals surface area contributed by atoms with Crippen molar-refractivity contribution in [1.29, 1.82) is 5.26 Å². The summed E-state index contributed by atoms with van der Waals surface area (Å²) >= 11 is 0. The van der Waals surface area contributed by atoms with E-state index in [4.69, 9.17) is 9.78 Å². The van der Waals surface area contributed by atoms with Gasteiger partial charge in [0.15, 0.2) is 0 Å². The lowest BCUT2D eigenvalue weighted by molar-refractivity contribution is 0.368. The Kier molecular flexibility index (Phi) is 2.42. The lowest BCUT2D eigenvalue weighted by atomic mass is 10.1. The van der Waals surface area contributed by atoms with Gasteiger partial charge in [0.1, 0.15) is 5.69 Å². The summed E-state index contributed by atoms with van der Waals surface area (Å²) in [5, 5.41) is 13.1. The van der Waals surface area contributed by atoms with E-state index in [2.05, 4.69) is 21.2 Å². The van der Waals surface area contributed by atoms with Crippen LogP contribution in [0.25, 0.3) is 11.5 Å². The van der Waals surface area contributed by atoms with Crippen LogP contribution < -0.4 is 0 Å². The third-order valence-corrected chi connectivity index (χ3v) is 3.90. The van der Waals surface area contributed by atoms with E-state index < -0.39 is 0 Å². The lowest BCUT2D eigenvalue weighted by Gasteiger charge is -1.97. The van der Waals surface area contributed by atoms with Crippen molar-refractivity contribution in [1.82, 2.24) is 15.1 Å². The first kappa shape index (κ1) is 11.8. The van der Waals surface area contributed by atoms with Crippen molar-refractivity contribution in [2.24, 2.45) is 11.3 Å². The number of aryl methyl sites for hydroxylation is 1. The minimum Gasteiger partial charge on any atom is -0.339 e. The molecule has 5 nitrogen and oxygen atoms in total. The van der Waals surface area contributed by atoms with Crippen molar-refractivity contribution in [3.63, 3.8) is 0 Å². The zero-order valence-electron chi connectivity index (χ0n) is 11.1. The number of hydrogen-bond acceptors (Lipinski definition) is 5. The second-order valence-corrected chi connectivity index (χ2v) is 5.53. The predicted octanol–water partition coefficient (Wildman–Crippen LogP) is 2.70. The fourth-order valence-electron chi connectivity index (χ4n) is 2.52. The Balaban J connectivity index is 1.94. The Hall–Kier alpha value is -2.22. The summed E-state index contributed by atoms with van der Waals surface area (Å²) in [7, 11) is 0. The quantitative estimate of drug-likeness (QED) is 0.823. The summed E-state index contributed by atoms with van der Waals surface area (Å²) in [6.45, 7) is 6.04. The fourth-order valence-corrected chi connectivity index (χ4v) is 2.52. The zero-order chi connectivity index (χ0) is 13.6. The minimum atomic E-state index is -0.0856. The molecule has 0 aromatic carbocycles. The van der Waals surface area contributed by atoms with E-state index in [1.165, 1.54) is 0 Å². The minimum absolute atomic E-state index is 0.0303. The topological polar surface area (TPSA) is 75.6 Å². The van der Waals surface area contributed by atoms with Crippen LogP contribution in [0.1, 0.15) is 31.2 Å². The Morgan fingerprint density at radius 2 is 2.21 bits per heavy atom. The Morgan fingerprint density at radius 3 is 2.84 bits per heavy atom. The van der Waals surface area contributed by atoms with Crippen LogP contribution in [0.4, 0.5) is 0 Å². The molecule has 0 spiro atoms. The van der Waals surface area contributed by atoms with Gasteiger partial charge in [0.2, 0.25) is 11.7 Å². The van der Waals surface area contributed by atoms with Gasteiger partial charge >= 0.3 is 0 Å². The molecule has 0 radical (unpaired) electrons. The predicted molar refractivity (Wildman–Crippen MR) is 67.9 cm³/mol. The van der Waals surface area contributed by atoms with Gasteiger partial charge in [-0.3, -0.25) is 4.98 Å². The van der Waals surface area contributed by atoms with E-state index in [1.54, 1.807) is 6.20 Å². The van der Waals surface area contributed by atoms with Gasteiger partial charge < -0.3 is 4.52 Å². The molecule has 0 bridgehead atoms. The third kappa shape index (κ3) is 1.72. The van der Waals surface area contributed by atoms with E-state index in [-0.39, 0.29) is 17.3 Å². The first-order chi connectivity index (χ1) is 9.05. The summed E-state index contributed by atoms with van der Waals surface area (Å²) in [6, 6.07) is 6.12. The Labute approximate surface area is 111 Å². The number of aromatic nitrogens is 3. The van der Waals surface area contributed by atoms with Crippen molar-refractivity contribution in [2.75, 3.05) is 0 Å². The molecule has 5 heteroatoms. The fraction of sp³-hybridized carbons (Fsp3) is 0.429. The molecule has 96 valence electrons. The highest BCUT2D eigenvalue weighted by Gasteiger charge is 2.62. The normalized spacial score (nSPS) is 23.9. The number of nitrogens with zero attached hydrogens (tertiary/aromatic N) is 4. The van der Waals surface area contributed by atoms with Gasteiger partial charge in [-0.1, -0.05) is 25.1 Å². The van der Waals surface area contributed by atoms with Gasteiger partial charge in [0, 0.05) is 6.20 Å². The van der Waals surface area contributed by atoms with Gasteiger partial charge in [-0.2, -0.15) is 10.2 Å². The average molecular weight is 254 g/mol. The second kappa shape index (κ2) is 3.89. The number of rotatable bonds is 2. The summed E-state index contributed by atoms with van der Waals surface area (Å²) in [5.74, 6) is 1.01. The highest BCUT2D eigenvalue weighted by Crippen LogP contribution is 2.63. The monoisotopic (exact) mass is 254 g/mol. The van der Waals surface area contributed by atoms with Gasteiger partial charge in [0.05, 0.1) is 17.9 Å². The molecule has 1 aliphatic carbocycles. The molecule has 0 aliphatic heterocycles. The highest BCUT2D eigenvalue weighted by molar-refractivity contribution is 5.53. The lowest BCUT2D eigenvalue weighted by Crippen LogP contribution is -1.92. The molecule has 2 aromatic rings. The van der Waals surface area contributed by atoms with Gasteiger partial charge in [-0.05, 0) is 24.0 Å². The van der Waals surface area contributed by atoms with Crippen molar-refractivity contribution in [2.45, 2.75) is 26.7 Å². The van der Waals surface area contributed by atoms with Crippen LogP contribution in [0.5, 0.6) is 0 Å². The summed E-state index contributed by atoms with van der Waals surface area (Å²) < 4.78 is 5.31. The molecule has 0 N–H and O–H groups in total. The van der Waals surface area contributed by atoms with Crippen LogP contribution in [0.15, 0.2) is 22.9 Å². The van der Waals surface area contributed by atoms with Crippen molar-refractivity contribution < 1.29 is 4.52 Å². The summed E-state index contributed by atoms with van der Waals surface area (Å²) in [4.78, 5) is 8.67. The van der Waals surface area contributed by atoms with Gasteiger partial charge in [-0.25, -0.2) is 0 Å². The van der Waals surface area contributed by atoms with Crippen LogP contribution in [-0.4, -0.2) is 15.1 Å². The van der Waals surface area contributed by atoms with E-state index in [0.29, 0.717) is 11.7 Å². The molecule has 1 saturated carbocycles. The van der Waals surface area contributed by atoms with Crippen molar-refractivity contribution in [3.8, 4) is 17.6 Å². The Morgan fingerprint density at radius 1 is 1.42 bits per heavy atom. The molecule has 2 atom stereocenters. The molecule has 3 rings (SSSR count). The smallest absolute Gasteiger partial charge is 0.232 e. The maximum atomic E-state index is 9.09. The molecule has 0 amide bonds. The third-order valence-electron chi connectivity index (χ3n) is 3.90. The molecular weight excluding hydrogens is 240 g/mol. The van der Waals surface area contributed by atoms with Crippen molar-refractivity contribution in [3.05, 3.63) is 29.8 Å². The molecular formula is C14H14N4O. The highest BCUT2D eigenvalue weighted by atomic mass is 16.5. The Bertz CT molecular complexity index is 668. The molecule has 1 fully saturated rings. The van der Waals surface area contributed by atoms with E-state index in [0.717, 1.165) is 11.3 Å². The van der Waals surface area contributed by atoms with Crippen molar-refractivity contribution >= 4 is 0 Å². The molecule has 2 aromatic heterocycles. The zero-order valence-corrected chi connectivity index (χ0v) is 11.1. The van der Waals surface area contributed by atoms with Crippen LogP contribution in [0.3, 0.4) is 0 Å². The maximum Gasteiger partial charge on any atom is 0.232 e. The maximum absolute atomic E-state index is 9.09. The average Bonchev–Trinajstić information content (AvgIpc) is 2.75. The van der Waals surface area contributed by atoms with Crippen LogP contribution in [0, 0.1) is 29.6 Å². The second-order valence-electron chi connectivity index (χ2n) is 5.53. The van der Waals surface area contributed by atoms with E-state index in [1.807, 2.05) is 32.9 Å². The van der Waals surface area contributed by atoms with E-state index >= 15 is 0 Å². The SMILES string of the molecule is Cc1cccnc1-c1noc(C2C(C#N)C2(C)C)n1. The van der Waals surface area contributed by atoms with Crippen LogP contribution >= 0.6 is 0 Å². The molecule has 0 saturated heterocycles. The van der Waals surface area contributed by atoms with Gasteiger partial charge in [-0.15, -0.1) is 0 Å². The van der Waals surface area contributed by atoms with Crippen LogP contribution in [0.2, 0.25) is 0 Å². The van der Waals surface area contributed by atoms with Gasteiger partial charge in [0.25, 0.3) is 0 Å².